The number of benzene rings is 2. The van der Waals surface area contributed by atoms with E-state index in [1.807, 2.05) is 0 Å². The molecule has 0 aliphatic heterocycles. The zero-order valence-electron chi connectivity index (χ0n) is 13.3. The molecule has 134 valence electrons. The first-order valence-corrected chi connectivity index (χ1v) is 8.90. The average molecular weight is 372 g/mol. The van der Waals surface area contributed by atoms with E-state index in [0.717, 1.165) is 30.5 Å². The second-order valence-corrected chi connectivity index (χ2v) is 7.11. The minimum atomic E-state index is -4.46. The number of rotatable bonds is 4. The van der Waals surface area contributed by atoms with Crippen molar-refractivity contribution < 1.29 is 26.4 Å². The molecule has 0 bridgehead atoms. The number of amides is 1. The maximum atomic E-state index is 12.6. The first kappa shape index (κ1) is 18.8. The summed E-state index contributed by atoms with van der Waals surface area (Å²) in [6.45, 7) is 0. The van der Waals surface area contributed by atoms with Gasteiger partial charge in [-0.3, -0.25) is 9.52 Å². The molecule has 1 N–H and O–H groups in total. The molecule has 0 unspecified atom stereocenters. The number of anilines is 2. The summed E-state index contributed by atoms with van der Waals surface area (Å²) in [6, 6.07) is 9.92. The molecule has 0 aliphatic carbocycles. The van der Waals surface area contributed by atoms with E-state index in [1.54, 1.807) is 0 Å². The van der Waals surface area contributed by atoms with Gasteiger partial charge in [-0.15, -0.1) is 0 Å². The van der Waals surface area contributed by atoms with Crippen molar-refractivity contribution in [3.05, 3.63) is 59.7 Å². The van der Waals surface area contributed by atoms with Gasteiger partial charge < -0.3 is 4.90 Å². The summed E-state index contributed by atoms with van der Waals surface area (Å²) < 4.78 is 62.3. The Balaban J connectivity index is 2.16. The third-order valence-corrected chi connectivity index (χ3v) is 3.93. The first-order chi connectivity index (χ1) is 11.5. The Hall–Kier alpha value is -2.55. The van der Waals surface area contributed by atoms with Gasteiger partial charge in [-0.05, 0) is 48.5 Å². The molecule has 0 radical (unpaired) electrons. The van der Waals surface area contributed by atoms with E-state index in [2.05, 4.69) is 4.72 Å². The molecular weight excluding hydrogens is 357 g/mol. The van der Waals surface area contributed by atoms with Crippen LogP contribution in [-0.4, -0.2) is 27.6 Å². The fourth-order valence-electron chi connectivity index (χ4n) is 2.08. The average Bonchev–Trinajstić information content (AvgIpc) is 2.52. The van der Waals surface area contributed by atoms with Gasteiger partial charge in [0.05, 0.1) is 11.8 Å². The molecule has 0 heterocycles. The van der Waals surface area contributed by atoms with E-state index >= 15 is 0 Å². The fourth-order valence-corrected chi connectivity index (χ4v) is 2.64. The quantitative estimate of drug-likeness (QED) is 0.895. The Morgan fingerprint density at radius 3 is 1.96 bits per heavy atom. The van der Waals surface area contributed by atoms with Crippen LogP contribution in [0.5, 0.6) is 0 Å². The van der Waals surface area contributed by atoms with Crippen molar-refractivity contribution in [1.82, 2.24) is 0 Å². The van der Waals surface area contributed by atoms with Crippen molar-refractivity contribution in [2.75, 3.05) is 22.9 Å². The summed E-state index contributed by atoms with van der Waals surface area (Å²) in [5, 5.41) is 0. The molecule has 0 spiro atoms. The number of halogens is 3. The van der Waals surface area contributed by atoms with Crippen LogP contribution in [0.1, 0.15) is 15.9 Å². The van der Waals surface area contributed by atoms with Crippen molar-refractivity contribution in [2.45, 2.75) is 6.18 Å². The molecule has 1 amide bonds. The van der Waals surface area contributed by atoms with Crippen molar-refractivity contribution in [3.63, 3.8) is 0 Å². The van der Waals surface area contributed by atoms with Gasteiger partial charge >= 0.3 is 6.18 Å². The Morgan fingerprint density at radius 1 is 1.00 bits per heavy atom. The lowest BCUT2D eigenvalue weighted by atomic mass is 10.1. The molecule has 0 saturated heterocycles. The molecule has 2 rings (SSSR count). The van der Waals surface area contributed by atoms with Gasteiger partial charge in [0.1, 0.15) is 0 Å². The molecule has 2 aromatic carbocycles. The Labute approximate surface area is 143 Å². The van der Waals surface area contributed by atoms with Crippen LogP contribution < -0.4 is 9.62 Å². The van der Waals surface area contributed by atoms with Gasteiger partial charge in [0, 0.05) is 24.0 Å². The predicted molar refractivity (Wildman–Crippen MR) is 89.1 cm³/mol. The number of hydrogen-bond donors (Lipinski definition) is 1. The van der Waals surface area contributed by atoms with Gasteiger partial charge in [-0.25, -0.2) is 8.42 Å². The van der Waals surface area contributed by atoms with E-state index in [1.165, 1.54) is 36.2 Å². The molecule has 0 atom stereocenters. The highest BCUT2D eigenvalue weighted by Crippen LogP contribution is 2.29. The Bertz CT molecular complexity index is 861. The SMILES string of the molecule is CN(C(=O)c1ccc(C(F)(F)F)cc1)c1ccc(NS(C)(=O)=O)cc1. The zero-order chi connectivity index (χ0) is 18.8. The second-order valence-electron chi connectivity index (χ2n) is 5.36. The van der Waals surface area contributed by atoms with E-state index < -0.39 is 27.7 Å². The molecule has 0 fully saturated rings. The summed E-state index contributed by atoms with van der Waals surface area (Å²) in [6.07, 6.45) is -3.45. The molecule has 25 heavy (non-hydrogen) atoms. The van der Waals surface area contributed by atoms with Crippen LogP contribution in [0.25, 0.3) is 0 Å². The van der Waals surface area contributed by atoms with Crippen LogP contribution in [0, 0.1) is 0 Å². The lowest BCUT2D eigenvalue weighted by molar-refractivity contribution is -0.137. The van der Waals surface area contributed by atoms with Gasteiger partial charge in [-0.2, -0.15) is 13.2 Å². The topological polar surface area (TPSA) is 66.5 Å². The highest BCUT2D eigenvalue weighted by molar-refractivity contribution is 7.92. The van der Waals surface area contributed by atoms with Gasteiger partial charge in [-0.1, -0.05) is 0 Å². The van der Waals surface area contributed by atoms with Crippen LogP contribution in [-0.2, 0) is 16.2 Å². The van der Waals surface area contributed by atoms with Crippen molar-refractivity contribution in [3.8, 4) is 0 Å². The monoisotopic (exact) mass is 372 g/mol. The standard InChI is InChI=1S/C16H15F3N2O3S/c1-21(14-9-7-13(8-10-14)20-25(2,23)24)15(22)11-3-5-12(6-4-11)16(17,18)19/h3-10,20H,1-2H3. The van der Waals surface area contributed by atoms with Crippen molar-refractivity contribution in [2.24, 2.45) is 0 Å². The zero-order valence-corrected chi connectivity index (χ0v) is 14.1. The largest absolute Gasteiger partial charge is 0.416 e. The van der Waals surface area contributed by atoms with E-state index in [-0.39, 0.29) is 5.56 Å². The summed E-state index contributed by atoms with van der Waals surface area (Å²) in [7, 11) is -1.94. The molecule has 0 aliphatic rings. The third kappa shape index (κ3) is 4.96. The second kappa shape index (κ2) is 6.75. The van der Waals surface area contributed by atoms with Crippen molar-refractivity contribution >= 4 is 27.3 Å². The van der Waals surface area contributed by atoms with E-state index in [4.69, 9.17) is 0 Å². The minimum absolute atomic E-state index is 0.105. The number of sulfonamides is 1. The Morgan fingerprint density at radius 2 is 1.52 bits per heavy atom. The fraction of sp³-hybridized carbons (Fsp3) is 0.188. The van der Waals surface area contributed by atoms with Crippen LogP contribution in [0.3, 0.4) is 0 Å². The highest BCUT2D eigenvalue weighted by atomic mass is 32.2. The Kier molecular flexibility index (Phi) is 5.07. The van der Waals surface area contributed by atoms with Crippen LogP contribution in [0.4, 0.5) is 24.5 Å². The van der Waals surface area contributed by atoms with Crippen LogP contribution in [0.2, 0.25) is 0 Å². The number of nitrogens with one attached hydrogen (secondary N) is 1. The lowest BCUT2D eigenvalue weighted by Gasteiger charge is -2.18. The number of hydrogen-bond acceptors (Lipinski definition) is 3. The third-order valence-electron chi connectivity index (χ3n) is 3.32. The molecule has 2 aromatic rings. The summed E-state index contributed by atoms with van der Waals surface area (Å²) in [5.41, 5.74) is 0.0716. The smallest absolute Gasteiger partial charge is 0.311 e. The van der Waals surface area contributed by atoms with E-state index in [9.17, 15) is 26.4 Å². The number of nitrogens with zero attached hydrogens (tertiary/aromatic N) is 1. The summed E-state index contributed by atoms with van der Waals surface area (Å²) in [5.74, 6) is -0.488. The van der Waals surface area contributed by atoms with E-state index in [0.29, 0.717) is 11.4 Å². The summed E-state index contributed by atoms with van der Waals surface area (Å²) >= 11 is 0. The molecule has 0 saturated carbocycles. The van der Waals surface area contributed by atoms with Gasteiger partial charge in [0.15, 0.2) is 0 Å². The predicted octanol–water partition coefficient (Wildman–Crippen LogP) is 3.35. The maximum absolute atomic E-state index is 12.6. The molecular formula is C16H15F3N2O3S. The lowest BCUT2D eigenvalue weighted by Crippen LogP contribution is -2.26. The van der Waals surface area contributed by atoms with Gasteiger partial charge in [0.2, 0.25) is 10.0 Å². The summed E-state index contributed by atoms with van der Waals surface area (Å²) in [4.78, 5) is 13.6. The normalized spacial score (nSPS) is 11.9. The number of carbonyl (C=O) groups excluding carboxylic acids is 1. The highest BCUT2D eigenvalue weighted by Gasteiger charge is 2.30. The minimum Gasteiger partial charge on any atom is -0.311 e. The number of carbonyl (C=O) groups is 1. The molecule has 9 heteroatoms. The number of alkyl halides is 3. The van der Waals surface area contributed by atoms with Crippen molar-refractivity contribution in [1.29, 1.82) is 0 Å². The maximum Gasteiger partial charge on any atom is 0.416 e. The van der Waals surface area contributed by atoms with Gasteiger partial charge in [0.25, 0.3) is 5.91 Å². The molecule has 5 nitrogen and oxygen atoms in total. The van der Waals surface area contributed by atoms with Crippen LogP contribution in [0.15, 0.2) is 48.5 Å². The molecule has 0 aromatic heterocycles. The van der Waals surface area contributed by atoms with Crippen LogP contribution >= 0.6 is 0 Å². The first-order valence-electron chi connectivity index (χ1n) is 7.00.